The van der Waals surface area contributed by atoms with Gasteiger partial charge in [0.2, 0.25) is 0 Å². The molecule has 0 bridgehead atoms. The van der Waals surface area contributed by atoms with E-state index in [0.29, 0.717) is 0 Å². The molecule has 0 aromatic heterocycles. The topological polar surface area (TPSA) is 192 Å². The summed E-state index contributed by atoms with van der Waals surface area (Å²) < 4.78 is 4.34. The fourth-order valence-electron chi connectivity index (χ4n) is 2.01. The van der Waals surface area contributed by atoms with Crippen LogP contribution >= 0.6 is 0 Å². The van der Waals surface area contributed by atoms with Crippen LogP contribution in [0.1, 0.15) is 6.42 Å². The minimum atomic E-state index is -1.81. The Morgan fingerprint density at radius 2 is 1.83 bits per heavy atom. The number of carbonyl (C=O) groups is 1. The molecule has 7 atom stereocenters. The van der Waals surface area contributed by atoms with E-state index in [2.05, 4.69) is 4.74 Å². The van der Waals surface area contributed by atoms with E-state index < -0.39 is 48.4 Å². The monoisotopic (exact) mass is 345 g/mol. The van der Waals surface area contributed by atoms with Crippen molar-refractivity contribution in [1.29, 1.82) is 5.26 Å². The second kappa shape index (κ2) is 8.32. The molecular weight excluding hydrogens is 326 g/mol. The fourth-order valence-corrected chi connectivity index (χ4v) is 2.01. The van der Waals surface area contributed by atoms with Crippen molar-refractivity contribution < 1.29 is 45.3 Å². The van der Waals surface area contributed by atoms with Gasteiger partial charge in [-0.2, -0.15) is 5.26 Å². The third kappa shape index (κ3) is 4.59. The molecule has 0 aromatic carbocycles. The summed E-state index contributed by atoms with van der Waals surface area (Å²) in [6.45, 7) is 0. The molecule has 2 rings (SSSR count). The van der Waals surface area contributed by atoms with Crippen molar-refractivity contribution in [2.75, 3.05) is 0 Å². The van der Waals surface area contributed by atoms with Crippen LogP contribution in [0.15, 0.2) is 24.3 Å². The molecule has 0 spiro atoms. The zero-order valence-electron chi connectivity index (χ0n) is 12.4. The number of ether oxygens (including phenoxy) is 1. The molecule has 0 amide bonds. The van der Waals surface area contributed by atoms with Gasteiger partial charge in [0, 0.05) is 6.42 Å². The maximum atomic E-state index is 10.4. The average Bonchev–Trinajstić information content (AvgIpc) is 2.56. The van der Waals surface area contributed by atoms with E-state index in [0.717, 1.165) is 0 Å². The average molecular weight is 345 g/mol. The van der Waals surface area contributed by atoms with Gasteiger partial charge in [0.15, 0.2) is 18.5 Å². The van der Waals surface area contributed by atoms with Gasteiger partial charge in [-0.15, -0.1) is 0 Å². The maximum Gasteiger partial charge on any atom is 0.335 e. The summed E-state index contributed by atoms with van der Waals surface area (Å²) in [6, 6.07) is 1.60. The Labute approximate surface area is 136 Å². The van der Waals surface area contributed by atoms with Crippen LogP contribution in [-0.4, -0.2) is 84.1 Å². The second-order valence-corrected chi connectivity index (χ2v) is 5.27. The fraction of sp³-hybridized carbons (Fsp3) is 0.571. The zero-order valence-corrected chi connectivity index (χ0v) is 12.4. The van der Waals surface area contributed by atoms with Crippen molar-refractivity contribution in [2.24, 2.45) is 0 Å². The van der Waals surface area contributed by atoms with E-state index in [1.54, 1.807) is 24.3 Å². The van der Waals surface area contributed by atoms with Gasteiger partial charge in [0.25, 0.3) is 0 Å². The number of nitriles is 1. The first kappa shape index (κ1) is 20.2. The van der Waals surface area contributed by atoms with Gasteiger partial charge < -0.3 is 40.5 Å². The molecule has 10 heteroatoms. The van der Waals surface area contributed by atoms with Gasteiger partial charge in [-0.3, -0.25) is 0 Å². The lowest BCUT2D eigenvalue weighted by molar-refractivity contribution is -0.279. The molecule has 1 heterocycles. The number of rotatable bonds is 2. The number of aliphatic hydroxyl groups excluding tert-OH is 5. The van der Waals surface area contributed by atoms with Gasteiger partial charge in [-0.25, -0.2) is 4.79 Å². The van der Waals surface area contributed by atoms with Gasteiger partial charge in [0.1, 0.15) is 23.9 Å². The highest BCUT2D eigenvalue weighted by atomic mass is 16.6. The minimum Gasteiger partial charge on any atom is -0.479 e. The van der Waals surface area contributed by atoms with Crippen molar-refractivity contribution in [3.05, 3.63) is 24.3 Å². The Hall–Kier alpha value is -1.84. The SMILES string of the molecule is N#CC(O)C1(O)C=CC=CC1.O=C(O)[C@H]1O[C@@H](O)[C@H](O)[C@@H](O)[C@@H]1O. The third-order valence-corrected chi connectivity index (χ3v) is 3.50. The first-order chi connectivity index (χ1) is 11.1. The molecule has 134 valence electrons. The first-order valence-electron chi connectivity index (χ1n) is 6.89. The van der Waals surface area contributed by atoms with E-state index in [4.69, 9.17) is 35.9 Å². The van der Waals surface area contributed by atoms with Crippen molar-refractivity contribution in [2.45, 2.75) is 48.8 Å². The molecule has 1 fully saturated rings. The Balaban J connectivity index is 0.000000243. The molecule has 2 unspecified atom stereocenters. The highest BCUT2D eigenvalue weighted by Crippen LogP contribution is 2.21. The van der Waals surface area contributed by atoms with E-state index in [-0.39, 0.29) is 6.42 Å². The highest BCUT2D eigenvalue weighted by Gasteiger charge is 2.46. The van der Waals surface area contributed by atoms with E-state index in [1.165, 1.54) is 6.08 Å². The van der Waals surface area contributed by atoms with Crippen LogP contribution in [0.2, 0.25) is 0 Å². The van der Waals surface area contributed by atoms with E-state index in [9.17, 15) is 9.90 Å². The van der Waals surface area contributed by atoms with Gasteiger partial charge in [-0.05, 0) is 6.08 Å². The van der Waals surface area contributed by atoms with E-state index in [1.807, 2.05) is 0 Å². The van der Waals surface area contributed by atoms with Crippen molar-refractivity contribution >= 4 is 5.97 Å². The van der Waals surface area contributed by atoms with Crippen molar-refractivity contribution in [3.63, 3.8) is 0 Å². The third-order valence-electron chi connectivity index (χ3n) is 3.50. The van der Waals surface area contributed by atoms with Crippen LogP contribution in [0.4, 0.5) is 0 Å². The number of allylic oxidation sites excluding steroid dienone is 2. The molecule has 1 saturated heterocycles. The molecule has 10 nitrogen and oxygen atoms in total. The van der Waals surface area contributed by atoms with Gasteiger partial charge >= 0.3 is 5.97 Å². The highest BCUT2D eigenvalue weighted by molar-refractivity contribution is 5.73. The quantitative estimate of drug-likeness (QED) is 0.253. The first-order valence-corrected chi connectivity index (χ1v) is 6.89. The molecular formula is C14H19NO9. The Bertz CT molecular complexity index is 543. The smallest absolute Gasteiger partial charge is 0.335 e. The summed E-state index contributed by atoms with van der Waals surface area (Å²) in [5.41, 5.74) is -1.39. The van der Waals surface area contributed by atoms with Gasteiger partial charge in [0.05, 0.1) is 6.07 Å². The van der Waals surface area contributed by atoms with Crippen LogP contribution in [0.3, 0.4) is 0 Å². The van der Waals surface area contributed by atoms with Crippen molar-refractivity contribution in [3.8, 4) is 6.07 Å². The summed E-state index contributed by atoms with van der Waals surface area (Å²) >= 11 is 0. The van der Waals surface area contributed by atoms with Crippen molar-refractivity contribution in [1.82, 2.24) is 0 Å². The summed E-state index contributed by atoms with van der Waals surface area (Å²) in [4.78, 5) is 10.4. The Kier molecular flexibility index (Phi) is 7.00. The lowest BCUT2D eigenvalue weighted by atomic mass is 9.90. The number of aliphatic hydroxyl groups is 6. The van der Waals surface area contributed by atoms with Crippen LogP contribution in [-0.2, 0) is 9.53 Å². The number of hydrogen-bond acceptors (Lipinski definition) is 9. The molecule has 0 radical (unpaired) electrons. The number of carboxylic acids is 1. The van der Waals surface area contributed by atoms with Gasteiger partial charge in [-0.1, -0.05) is 18.2 Å². The number of nitrogens with zero attached hydrogens (tertiary/aromatic N) is 1. The van der Waals surface area contributed by atoms with E-state index >= 15 is 0 Å². The lowest BCUT2D eigenvalue weighted by Crippen LogP contribution is -2.59. The molecule has 2 aliphatic rings. The molecule has 7 N–H and O–H groups in total. The summed E-state index contributed by atoms with van der Waals surface area (Å²) in [5, 5.41) is 71.3. The molecule has 1 aliphatic carbocycles. The van der Waals surface area contributed by atoms with Crippen LogP contribution in [0.25, 0.3) is 0 Å². The Morgan fingerprint density at radius 3 is 2.29 bits per heavy atom. The van der Waals surface area contributed by atoms with Crippen LogP contribution in [0.5, 0.6) is 0 Å². The normalized spacial score (nSPS) is 39.3. The van der Waals surface area contributed by atoms with Crippen LogP contribution < -0.4 is 0 Å². The maximum absolute atomic E-state index is 10.4. The number of aliphatic carboxylic acids is 1. The molecule has 0 saturated carbocycles. The van der Waals surface area contributed by atoms with Crippen LogP contribution in [0, 0.1) is 11.3 Å². The summed E-state index contributed by atoms with van der Waals surface area (Å²) in [7, 11) is 0. The zero-order chi connectivity index (χ0) is 18.5. The number of carboxylic acid groups (broad SMARTS) is 1. The lowest BCUT2D eigenvalue weighted by Gasteiger charge is -2.36. The minimum absolute atomic E-state index is 0.290. The second-order valence-electron chi connectivity index (χ2n) is 5.27. The largest absolute Gasteiger partial charge is 0.479 e. The number of hydrogen-bond donors (Lipinski definition) is 7. The molecule has 24 heavy (non-hydrogen) atoms. The summed E-state index contributed by atoms with van der Waals surface area (Å²) in [5.74, 6) is -1.52. The predicted octanol–water partition coefficient (Wildman–Crippen LogP) is -3.01. The predicted molar refractivity (Wildman–Crippen MR) is 76.0 cm³/mol. The summed E-state index contributed by atoms with van der Waals surface area (Å²) in [6.07, 6.45) is -3.26. The standard InChI is InChI=1S/C8H9NO2.C6H10O7/c9-6-7(10)8(11)4-2-1-3-5-8;7-1-2(8)4(5(10)11)13-6(12)3(1)9/h1-4,7,10-11H,5H2;1-4,6-9,12H,(H,10,11)/t;1-,2-,3+,4-,6+/m.0/s1. The molecule has 0 aromatic rings. The molecule has 1 aliphatic heterocycles. The Morgan fingerprint density at radius 1 is 1.21 bits per heavy atom.